The number of carbonyl (C=O) groups is 4. The minimum absolute atomic E-state index is 0.0120. The number of benzene rings is 1. The summed E-state index contributed by atoms with van der Waals surface area (Å²) in [5, 5.41) is 5.01. The van der Waals surface area contributed by atoms with Gasteiger partial charge < -0.3 is 29.9 Å². The Labute approximate surface area is 222 Å². The molecular weight excluding hydrogens is 518 g/mol. The number of halogens is 2. The molecule has 4 amide bonds. The van der Waals surface area contributed by atoms with Gasteiger partial charge in [-0.2, -0.15) is 0 Å². The van der Waals surface area contributed by atoms with E-state index in [-0.39, 0.29) is 69.7 Å². The number of carbonyl (C=O) groups excluding carboxylic acids is 4. The van der Waals surface area contributed by atoms with Crippen LogP contribution in [0.15, 0.2) is 36.7 Å². The number of rotatable bonds is 8. The number of amides is 4. The van der Waals surface area contributed by atoms with Gasteiger partial charge in [-0.25, -0.2) is 18.4 Å². The van der Waals surface area contributed by atoms with Crippen LogP contribution in [0.1, 0.15) is 17.3 Å². The van der Waals surface area contributed by atoms with E-state index in [1.54, 1.807) is 6.92 Å². The summed E-state index contributed by atoms with van der Waals surface area (Å²) in [4.78, 5) is 56.3. The highest BCUT2D eigenvalue weighted by molar-refractivity contribution is 5.96. The maximum Gasteiger partial charge on any atom is 0.414 e. The van der Waals surface area contributed by atoms with E-state index in [0.29, 0.717) is 5.56 Å². The SMILES string of the molecule is CCOC(=O)NCC1CN(c2cc(F)c(N3CCN(C(=O)CNC(=O)c4ccncc4)CC3)c(F)c2)C(=O)O1. The van der Waals surface area contributed by atoms with Crippen molar-refractivity contribution in [2.45, 2.75) is 13.0 Å². The van der Waals surface area contributed by atoms with Gasteiger partial charge in [0.2, 0.25) is 5.91 Å². The van der Waals surface area contributed by atoms with Crippen LogP contribution in [0.5, 0.6) is 0 Å². The molecule has 0 radical (unpaired) electrons. The lowest BCUT2D eigenvalue weighted by molar-refractivity contribution is -0.130. The smallest absolute Gasteiger partial charge is 0.414 e. The van der Waals surface area contributed by atoms with Crippen LogP contribution in [-0.4, -0.2) is 92.4 Å². The predicted molar refractivity (Wildman–Crippen MR) is 134 cm³/mol. The van der Waals surface area contributed by atoms with Gasteiger partial charge in [0.05, 0.1) is 31.9 Å². The van der Waals surface area contributed by atoms with Crippen molar-refractivity contribution >= 4 is 35.4 Å². The molecule has 2 N–H and O–H groups in total. The van der Waals surface area contributed by atoms with Gasteiger partial charge in [-0.3, -0.25) is 19.5 Å². The summed E-state index contributed by atoms with van der Waals surface area (Å²) in [5.74, 6) is -2.45. The van der Waals surface area contributed by atoms with E-state index < -0.39 is 35.8 Å². The largest absolute Gasteiger partial charge is 0.450 e. The first-order chi connectivity index (χ1) is 18.8. The molecule has 0 spiro atoms. The standard InChI is InChI=1S/C25H28F2N6O6/c1-2-38-24(36)30-13-18-15-33(25(37)39-18)17-11-19(26)22(20(27)12-17)32-9-7-31(8-10-32)21(34)14-29-23(35)16-3-5-28-6-4-16/h3-6,11-12,18H,2,7-10,13-15H2,1H3,(H,29,35)(H,30,36). The van der Waals surface area contributed by atoms with Crippen molar-refractivity contribution in [3.8, 4) is 0 Å². The van der Waals surface area contributed by atoms with E-state index in [4.69, 9.17) is 9.47 Å². The van der Waals surface area contributed by atoms with E-state index in [0.717, 1.165) is 17.0 Å². The molecule has 4 rings (SSSR count). The van der Waals surface area contributed by atoms with Crippen LogP contribution in [0.25, 0.3) is 0 Å². The molecule has 12 nitrogen and oxygen atoms in total. The van der Waals surface area contributed by atoms with Gasteiger partial charge in [0, 0.05) is 56.3 Å². The first-order valence-electron chi connectivity index (χ1n) is 12.4. The van der Waals surface area contributed by atoms with Gasteiger partial charge in [-0.05, 0) is 19.1 Å². The summed E-state index contributed by atoms with van der Waals surface area (Å²) in [7, 11) is 0. The van der Waals surface area contributed by atoms with Crippen LogP contribution in [-0.2, 0) is 14.3 Å². The fraction of sp³-hybridized carbons (Fsp3) is 0.400. The number of piperazine rings is 1. The van der Waals surface area contributed by atoms with E-state index >= 15 is 8.78 Å². The molecule has 1 aromatic heterocycles. The Bertz CT molecular complexity index is 1200. The zero-order chi connectivity index (χ0) is 27.9. The zero-order valence-electron chi connectivity index (χ0n) is 21.2. The Balaban J connectivity index is 1.31. The monoisotopic (exact) mass is 546 g/mol. The number of nitrogens with one attached hydrogen (secondary N) is 2. The molecule has 3 heterocycles. The minimum Gasteiger partial charge on any atom is -0.450 e. The van der Waals surface area contributed by atoms with E-state index in [1.165, 1.54) is 34.3 Å². The zero-order valence-corrected chi connectivity index (χ0v) is 21.2. The van der Waals surface area contributed by atoms with Crippen molar-refractivity contribution in [3.05, 3.63) is 53.9 Å². The topological polar surface area (TPSA) is 133 Å². The molecule has 1 unspecified atom stereocenters. The fourth-order valence-electron chi connectivity index (χ4n) is 4.28. The molecule has 1 atom stereocenters. The molecule has 208 valence electrons. The highest BCUT2D eigenvalue weighted by Gasteiger charge is 2.34. The molecular formula is C25H28F2N6O6. The molecule has 0 bridgehead atoms. The van der Waals surface area contributed by atoms with Crippen molar-refractivity contribution < 1.29 is 37.4 Å². The van der Waals surface area contributed by atoms with Crippen LogP contribution in [0.2, 0.25) is 0 Å². The van der Waals surface area contributed by atoms with Crippen molar-refractivity contribution in [2.75, 3.05) is 62.2 Å². The second kappa shape index (κ2) is 12.4. The number of aromatic nitrogens is 1. The van der Waals surface area contributed by atoms with Crippen LogP contribution in [0.4, 0.5) is 29.7 Å². The summed E-state index contributed by atoms with van der Waals surface area (Å²) < 4.78 is 40.1. The number of alkyl carbamates (subject to hydrolysis) is 1. The summed E-state index contributed by atoms with van der Waals surface area (Å²) in [6, 6.07) is 5.16. The number of cyclic esters (lactones) is 1. The van der Waals surface area contributed by atoms with Crippen LogP contribution < -0.4 is 20.4 Å². The predicted octanol–water partition coefficient (Wildman–Crippen LogP) is 1.51. The van der Waals surface area contributed by atoms with E-state index in [1.807, 2.05) is 0 Å². The third kappa shape index (κ3) is 6.69. The Hall–Kier alpha value is -4.49. The second-order valence-electron chi connectivity index (χ2n) is 8.76. The van der Waals surface area contributed by atoms with Gasteiger partial charge in [0.1, 0.15) is 11.8 Å². The first-order valence-corrected chi connectivity index (χ1v) is 12.4. The molecule has 0 saturated carbocycles. The Morgan fingerprint density at radius 2 is 1.74 bits per heavy atom. The number of pyridine rings is 1. The Kier molecular flexibility index (Phi) is 8.74. The summed E-state index contributed by atoms with van der Waals surface area (Å²) in [6.07, 6.45) is 0.777. The second-order valence-corrected chi connectivity index (χ2v) is 8.76. The lowest BCUT2D eigenvalue weighted by atomic mass is 10.2. The van der Waals surface area contributed by atoms with Crippen molar-refractivity contribution in [1.29, 1.82) is 0 Å². The molecule has 2 aliphatic heterocycles. The average Bonchev–Trinajstić information content (AvgIpc) is 3.31. The number of nitrogens with zero attached hydrogens (tertiary/aromatic N) is 4. The van der Waals surface area contributed by atoms with Gasteiger partial charge in [0.15, 0.2) is 11.6 Å². The molecule has 2 saturated heterocycles. The minimum atomic E-state index is -0.865. The van der Waals surface area contributed by atoms with Crippen LogP contribution >= 0.6 is 0 Å². The average molecular weight is 547 g/mol. The summed E-state index contributed by atoms with van der Waals surface area (Å²) >= 11 is 0. The number of hydrogen-bond acceptors (Lipinski definition) is 8. The molecule has 0 aliphatic carbocycles. The lowest BCUT2D eigenvalue weighted by Gasteiger charge is -2.36. The molecule has 39 heavy (non-hydrogen) atoms. The number of ether oxygens (including phenoxy) is 2. The van der Waals surface area contributed by atoms with Gasteiger partial charge in [0.25, 0.3) is 5.91 Å². The third-order valence-electron chi connectivity index (χ3n) is 6.23. The van der Waals surface area contributed by atoms with Crippen molar-refractivity contribution in [1.82, 2.24) is 20.5 Å². The highest BCUT2D eigenvalue weighted by atomic mass is 19.1. The molecule has 2 aromatic rings. The fourth-order valence-corrected chi connectivity index (χ4v) is 4.28. The third-order valence-corrected chi connectivity index (χ3v) is 6.23. The number of hydrogen-bond donors (Lipinski definition) is 2. The quantitative estimate of drug-likeness (QED) is 0.509. The maximum atomic E-state index is 15.1. The number of anilines is 2. The van der Waals surface area contributed by atoms with E-state index in [9.17, 15) is 19.2 Å². The van der Waals surface area contributed by atoms with Gasteiger partial charge in [-0.1, -0.05) is 0 Å². The first kappa shape index (κ1) is 27.5. The Morgan fingerprint density at radius 3 is 2.38 bits per heavy atom. The molecule has 14 heteroatoms. The molecule has 2 fully saturated rings. The van der Waals surface area contributed by atoms with Crippen LogP contribution in [0.3, 0.4) is 0 Å². The molecule has 1 aromatic carbocycles. The van der Waals surface area contributed by atoms with Crippen molar-refractivity contribution in [2.24, 2.45) is 0 Å². The lowest BCUT2D eigenvalue weighted by Crippen LogP contribution is -2.51. The summed E-state index contributed by atoms with van der Waals surface area (Å²) in [6.45, 7) is 2.36. The summed E-state index contributed by atoms with van der Waals surface area (Å²) in [5.41, 5.74) is 0.101. The van der Waals surface area contributed by atoms with Crippen LogP contribution in [0, 0.1) is 11.6 Å². The Morgan fingerprint density at radius 1 is 1.08 bits per heavy atom. The molecule has 2 aliphatic rings. The highest BCUT2D eigenvalue weighted by Crippen LogP contribution is 2.31. The van der Waals surface area contributed by atoms with Crippen molar-refractivity contribution in [3.63, 3.8) is 0 Å². The maximum absolute atomic E-state index is 15.1. The van der Waals surface area contributed by atoms with Gasteiger partial charge >= 0.3 is 12.2 Å². The van der Waals surface area contributed by atoms with Gasteiger partial charge in [-0.15, -0.1) is 0 Å². The normalized spacial score (nSPS) is 17.1. The van der Waals surface area contributed by atoms with E-state index in [2.05, 4.69) is 15.6 Å².